The number of benzene rings is 2. The molecule has 3 rings (SSSR count). The van der Waals surface area contributed by atoms with Gasteiger partial charge in [0.15, 0.2) is 10.6 Å². The van der Waals surface area contributed by atoms with Crippen molar-refractivity contribution in [3.05, 3.63) is 65.5 Å². The van der Waals surface area contributed by atoms with Gasteiger partial charge in [0, 0.05) is 16.7 Å². The van der Waals surface area contributed by atoms with Gasteiger partial charge >= 0.3 is 12.1 Å². The maximum atomic E-state index is 12.5. The lowest BCUT2D eigenvalue weighted by molar-refractivity contribution is -0.159. The van der Waals surface area contributed by atoms with Crippen molar-refractivity contribution < 1.29 is 27.0 Å². The zero-order chi connectivity index (χ0) is 19.6. The SMILES string of the molecule is Cc1ccccc1[S+]([O-])CC(=O)c1ccc(-c2noc(C(F)(F)F)n2)cc1. The third-order valence-electron chi connectivity index (χ3n) is 3.73. The van der Waals surface area contributed by atoms with Gasteiger partial charge in [-0.05, 0) is 24.2 Å². The molecule has 9 heteroatoms. The highest BCUT2D eigenvalue weighted by Crippen LogP contribution is 2.29. The first-order valence-corrected chi connectivity index (χ1v) is 9.06. The zero-order valence-corrected chi connectivity index (χ0v) is 14.8. The Labute approximate surface area is 155 Å². The smallest absolute Gasteiger partial charge is 0.471 e. The molecule has 140 valence electrons. The van der Waals surface area contributed by atoms with Gasteiger partial charge in [-0.25, -0.2) is 0 Å². The molecule has 0 aliphatic rings. The van der Waals surface area contributed by atoms with Crippen LogP contribution in [-0.2, 0) is 17.4 Å². The maximum absolute atomic E-state index is 12.5. The van der Waals surface area contributed by atoms with Crippen molar-refractivity contribution in [2.75, 3.05) is 5.75 Å². The normalized spacial score (nSPS) is 12.8. The van der Waals surface area contributed by atoms with Gasteiger partial charge in [0.25, 0.3) is 0 Å². The second kappa shape index (κ2) is 7.53. The number of alkyl halides is 3. The summed E-state index contributed by atoms with van der Waals surface area (Å²) in [7, 11) is 0. The number of halogens is 3. The molecule has 0 amide bonds. The molecule has 2 aromatic carbocycles. The molecule has 0 N–H and O–H groups in total. The number of hydrogen-bond donors (Lipinski definition) is 0. The van der Waals surface area contributed by atoms with Crippen LogP contribution in [0.1, 0.15) is 21.8 Å². The van der Waals surface area contributed by atoms with Crippen LogP contribution in [0.3, 0.4) is 0 Å². The molecule has 0 aliphatic heterocycles. The van der Waals surface area contributed by atoms with Crippen molar-refractivity contribution in [2.24, 2.45) is 0 Å². The highest BCUT2D eigenvalue weighted by Gasteiger charge is 2.38. The van der Waals surface area contributed by atoms with Gasteiger partial charge in [-0.15, -0.1) is 0 Å². The van der Waals surface area contributed by atoms with E-state index in [0.717, 1.165) is 5.56 Å². The molecular weight excluding hydrogens is 381 g/mol. The first-order valence-electron chi connectivity index (χ1n) is 7.74. The van der Waals surface area contributed by atoms with Gasteiger partial charge in [-0.3, -0.25) is 4.79 Å². The van der Waals surface area contributed by atoms with E-state index >= 15 is 0 Å². The Morgan fingerprint density at radius 1 is 1.15 bits per heavy atom. The monoisotopic (exact) mass is 394 g/mol. The van der Waals surface area contributed by atoms with E-state index in [1.165, 1.54) is 24.3 Å². The number of Topliss-reactive ketones (excluding diaryl/α,β-unsaturated/α-hetero) is 1. The summed E-state index contributed by atoms with van der Waals surface area (Å²) in [4.78, 5) is 16.2. The van der Waals surface area contributed by atoms with Gasteiger partial charge in [-0.1, -0.05) is 47.6 Å². The van der Waals surface area contributed by atoms with E-state index in [1.807, 2.05) is 19.1 Å². The number of nitrogens with zero attached hydrogens (tertiary/aromatic N) is 2. The molecule has 5 nitrogen and oxygen atoms in total. The van der Waals surface area contributed by atoms with Gasteiger partial charge in [0.1, 0.15) is 0 Å². The predicted octanol–water partition coefficient (Wildman–Crippen LogP) is 4.05. The number of carbonyl (C=O) groups is 1. The van der Waals surface area contributed by atoms with Crippen molar-refractivity contribution in [3.8, 4) is 11.4 Å². The molecule has 3 aromatic rings. The van der Waals surface area contributed by atoms with Gasteiger partial charge in [0.05, 0.1) is 0 Å². The lowest BCUT2D eigenvalue weighted by atomic mass is 10.1. The van der Waals surface area contributed by atoms with Gasteiger partial charge in [-0.2, -0.15) is 18.2 Å². The lowest BCUT2D eigenvalue weighted by Crippen LogP contribution is -2.17. The largest absolute Gasteiger partial charge is 0.611 e. The van der Waals surface area contributed by atoms with Crippen molar-refractivity contribution in [1.82, 2.24) is 10.1 Å². The summed E-state index contributed by atoms with van der Waals surface area (Å²) in [6.07, 6.45) is -4.72. The van der Waals surface area contributed by atoms with Crippen molar-refractivity contribution in [2.45, 2.75) is 18.0 Å². The molecule has 0 spiro atoms. The Balaban J connectivity index is 1.72. The van der Waals surface area contributed by atoms with Crippen molar-refractivity contribution in [3.63, 3.8) is 0 Å². The predicted molar refractivity (Wildman–Crippen MR) is 91.5 cm³/mol. The first-order chi connectivity index (χ1) is 12.8. The molecule has 0 saturated heterocycles. The van der Waals surface area contributed by atoms with E-state index in [2.05, 4.69) is 14.7 Å². The Morgan fingerprint density at radius 3 is 2.41 bits per heavy atom. The molecule has 0 radical (unpaired) electrons. The molecule has 0 aliphatic carbocycles. The van der Waals surface area contributed by atoms with E-state index in [1.54, 1.807) is 12.1 Å². The Bertz CT molecular complexity index is 955. The van der Waals surface area contributed by atoms with Crippen LogP contribution in [0, 0.1) is 6.92 Å². The lowest BCUT2D eigenvalue weighted by Gasteiger charge is -2.11. The summed E-state index contributed by atoms with van der Waals surface area (Å²) in [5, 5.41) is 3.29. The summed E-state index contributed by atoms with van der Waals surface area (Å²) in [5.41, 5.74) is 1.39. The highest BCUT2D eigenvalue weighted by atomic mass is 32.2. The molecule has 1 aromatic heterocycles. The summed E-state index contributed by atoms with van der Waals surface area (Å²) in [6, 6.07) is 12.8. The van der Waals surface area contributed by atoms with E-state index in [4.69, 9.17) is 0 Å². The highest BCUT2D eigenvalue weighted by molar-refractivity contribution is 7.92. The van der Waals surface area contributed by atoms with Crippen LogP contribution in [0.4, 0.5) is 13.2 Å². The molecular formula is C18H13F3N2O3S. The van der Waals surface area contributed by atoms with Gasteiger partial charge in [0.2, 0.25) is 11.6 Å². The number of ketones is 1. The minimum Gasteiger partial charge on any atom is -0.611 e. The van der Waals surface area contributed by atoms with Crippen LogP contribution in [0.15, 0.2) is 57.9 Å². The fraction of sp³-hybridized carbons (Fsp3) is 0.167. The number of aromatic nitrogens is 2. The Hall–Kier alpha value is -2.65. The third-order valence-corrected chi connectivity index (χ3v) is 5.21. The number of rotatable bonds is 5. The minimum atomic E-state index is -4.72. The van der Waals surface area contributed by atoms with Crippen molar-refractivity contribution >= 4 is 17.0 Å². The Morgan fingerprint density at radius 2 is 1.81 bits per heavy atom. The van der Waals surface area contributed by atoms with E-state index < -0.39 is 23.2 Å². The summed E-state index contributed by atoms with van der Waals surface area (Å²) < 4.78 is 54.1. The standard InChI is InChI=1S/C18H13F3N2O3S/c1-11-4-2-3-5-15(11)27(25)10-14(24)12-6-8-13(9-7-12)16-22-17(26-23-16)18(19,20)21/h2-9H,10H2,1H3. The van der Waals surface area contributed by atoms with Crippen LogP contribution >= 0.6 is 0 Å². The molecule has 0 bridgehead atoms. The van der Waals surface area contributed by atoms with Crippen LogP contribution in [0.25, 0.3) is 11.4 Å². The topological polar surface area (TPSA) is 79.0 Å². The number of aryl methyl sites for hydroxylation is 1. The van der Waals surface area contributed by atoms with Crippen LogP contribution in [0.2, 0.25) is 0 Å². The average molecular weight is 394 g/mol. The summed E-state index contributed by atoms with van der Waals surface area (Å²) >= 11 is -1.49. The third kappa shape index (κ3) is 4.37. The maximum Gasteiger partial charge on any atom is 0.471 e. The molecule has 0 fully saturated rings. The second-order valence-electron chi connectivity index (χ2n) is 5.68. The quantitative estimate of drug-likeness (QED) is 0.482. The fourth-order valence-electron chi connectivity index (χ4n) is 2.35. The van der Waals surface area contributed by atoms with Crippen LogP contribution in [0.5, 0.6) is 0 Å². The molecule has 1 heterocycles. The minimum absolute atomic E-state index is 0.190. The average Bonchev–Trinajstić information content (AvgIpc) is 3.12. The van der Waals surface area contributed by atoms with Gasteiger partial charge < -0.3 is 9.08 Å². The first kappa shape index (κ1) is 19.1. The molecule has 1 atom stereocenters. The molecule has 1 unspecified atom stereocenters. The number of carbonyl (C=O) groups excluding carboxylic acids is 1. The number of hydrogen-bond acceptors (Lipinski definition) is 5. The van der Waals surface area contributed by atoms with E-state index in [-0.39, 0.29) is 22.9 Å². The fourth-order valence-corrected chi connectivity index (χ4v) is 3.57. The molecule has 0 saturated carbocycles. The summed E-state index contributed by atoms with van der Waals surface area (Å²) in [6.45, 7) is 1.81. The zero-order valence-electron chi connectivity index (χ0n) is 14.0. The van der Waals surface area contributed by atoms with E-state index in [9.17, 15) is 22.5 Å². The second-order valence-corrected chi connectivity index (χ2v) is 7.10. The van der Waals surface area contributed by atoms with Crippen molar-refractivity contribution in [1.29, 1.82) is 0 Å². The summed E-state index contributed by atoms with van der Waals surface area (Å²) in [5.74, 6) is -2.20. The van der Waals surface area contributed by atoms with E-state index in [0.29, 0.717) is 10.5 Å². The molecule has 27 heavy (non-hydrogen) atoms. The van der Waals surface area contributed by atoms with Crippen LogP contribution < -0.4 is 0 Å². The Kier molecular flexibility index (Phi) is 5.33. The van der Waals surface area contributed by atoms with Crippen LogP contribution in [-0.4, -0.2) is 26.2 Å².